The standard InChI is InChI=1S/C17H15Cl2NO3/c1-10(21)12-4-3-5-16(6-12)23-11(2)17(22)20-15-8-13(18)7-14(19)9-15/h3-9,11H,1-2H3,(H,20,22)/t11-/m0/s1. The maximum Gasteiger partial charge on any atom is 0.265 e. The summed E-state index contributed by atoms with van der Waals surface area (Å²) in [7, 11) is 0. The van der Waals surface area contributed by atoms with Gasteiger partial charge in [-0.15, -0.1) is 0 Å². The molecule has 2 aromatic carbocycles. The molecule has 1 atom stereocenters. The largest absolute Gasteiger partial charge is 0.481 e. The second kappa shape index (κ2) is 7.49. The van der Waals surface area contributed by atoms with Crippen molar-refractivity contribution in [2.45, 2.75) is 20.0 Å². The molecule has 0 spiro atoms. The first-order chi connectivity index (χ1) is 10.8. The van der Waals surface area contributed by atoms with Gasteiger partial charge < -0.3 is 10.1 Å². The average Bonchev–Trinajstić information content (AvgIpc) is 2.46. The molecular formula is C17H15Cl2NO3. The minimum absolute atomic E-state index is 0.0684. The highest BCUT2D eigenvalue weighted by atomic mass is 35.5. The Labute approximate surface area is 144 Å². The zero-order valence-corrected chi connectivity index (χ0v) is 14.1. The summed E-state index contributed by atoms with van der Waals surface area (Å²) in [6.07, 6.45) is -0.755. The molecule has 2 aromatic rings. The number of hydrogen-bond acceptors (Lipinski definition) is 3. The molecule has 0 aromatic heterocycles. The number of rotatable bonds is 5. The smallest absolute Gasteiger partial charge is 0.265 e. The van der Waals surface area contributed by atoms with E-state index in [1.54, 1.807) is 49.4 Å². The van der Waals surface area contributed by atoms with Crippen LogP contribution in [0.1, 0.15) is 24.2 Å². The highest BCUT2D eigenvalue weighted by molar-refractivity contribution is 6.35. The fourth-order valence-electron chi connectivity index (χ4n) is 1.92. The van der Waals surface area contributed by atoms with Crippen molar-refractivity contribution in [3.8, 4) is 5.75 Å². The Hall–Kier alpha value is -2.04. The molecule has 6 heteroatoms. The summed E-state index contributed by atoms with van der Waals surface area (Å²) in [5.41, 5.74) is 1.01. The Kier molecular flexibility index (Phi) is 5.64. The van der Waals surface area contributed by atoms with Gasteiger partial charge in [-0.05, 0) is 44.2 Å². The first-order valence-corrected chi connectivity index (χ1v) is 7.65. The lowest BCUT2D eigenvalue weighted by Gasteiger charge is -2.15. The fraction of sp³-hybridized carbons (Fsp3) is 0.176. The summed E-state index contributed by atoms with van der Waals surface area (Å²) >= 11 is 11.8. The Bertz CT molecular complexity index is 726. The van der Waals surface area contributed by atoms with Gasteiger partial charge in [0.2, 0.25) is 0 Å². The van der Waals surface area contributed by atoms with E-state index in [0.717, 1.165) is 0 Å². The summed E-state index contributed by atoms with van der Waals surface area (Å²) in [5, 5.41) is 3.53. The van der Waals surface area contributed by atoms with Gasteiger partial charge in [0.1, 0.15) is 5.75 Å². The Morgan fingerprint density at radius 3 is 2.35 bits per heavy atom. The van der Waals surface area contributed by atoms with Crippen LogP contribution in [-0.2, 0) is 4.79 Å². The predicted molar refractivity (Wildman–Crippen MR) is 91.6 cm³/mol. The number of amides is 1. The molecule has 0 aliphatic rings. The number of nitrogens with one attached hydrogen (secondary N) is 1. The number of carbonyl (C=O) groups excluding carboxylic acids is 2. The molecule has 4 nitrogen and oxygen atoms in total. The molecule has 1 amide bonds. The van der Waals surface area contributed by atoms with Gasteiger partial charge in [-0.25, -0.2) is 0 Å². The second-order valence-corrected chi connectivity index (χ2v) is 5.86. The minimum atomic E-state index is -0.755. The number of anilines is 1. The first kappa shape index (κ1) is 17.3. The van der Waals surface area contributed by atoms with Crippen molar-refractivity contribution in [2.24, 2.45) is 0 Å². The van der Waals surface area contributed by atoms with E-state index in [-0.39, 0.29) is 11.7 Å². The van der Waals surface area contributed by atoms with Crippen LogP contribution in [0.15, 0.2) is 42.5 Å². The lowest BCUT2D eigenvalue weighted by Crippen LogP contribution is -2.30. The van der Waals surface area contributed by atoms with Crippen molar-refractivity contribution in [1.29, 1.82) is 0 Å². The molecular weight excluding hydrogens is 337 g/mol. The third-order valence-electron chi connectivity index (χ3n) is 3.05. The van der Waals surface area contributed by atoms with E-state index in [2.05, 4.69) is 5.32 Å². The van der Waals surface area contributed by atoms with Crippen LogP contribution in [0.2, 0.25) is 10.0 Å². The van der Waals surface area contributed by atoms with Crippen LogP contribution < -0.4 is 10.1 Å². The summed E-state index contributed by atoms with van der Waals surface area (Å²) in [4.78, 5) is 23.5. The number of halogens is 2. The van der Waals surface area contributed by atoms with Crippen molar-refractivity contribution >= 4 is 40.6 Å². The fourth-order valence-corrected chi connectivity index (χ4v) is 2.44. The van der Waals surface area contributed by atoms with Crippen LogP contribution in [-0.4, -0.2) is 17.8 Å². The molecule has 0 bridgehead atoms. The zero-order chi connectivity index (χ0) is 17.0. The third kappa shape index (κ3) is 4.98. The van der Waals surface area contributed by atoms with Crippen LogP contribution in [0.25, 0.3) is 0 Å². The number of carbonyl (C=O) groups is 2. The molecule has 0 aliphatic heterocycles. The van der Waals surface area contributed by atoms with Gasteiger partial charge >= 0.3 is 0 Å². The maximum absolute atomic E-state index is 12.2. The van der Waals surface area contributed by atoms with Gasteiger partial charge in [-0.1, -0.05) is 35.3 Å². The van der Waals surface area contributed by atoms with Crippen LogP contribution in [0.4, 0.5) is 5.69 Å². The Balaban J connectivity index is 2.05. The quantitative estimate of drug-likeness (QED) is 0.800. The van der Waals surface area contributed by atoms with Gasteiger partial charge in [-0.3, -0.25) is 9.59 Å². The highest BCUT2D eigenvalue weighted by Crippen LogP contribution is 2.23. The van der Waals surface area contributed by atoms with E-state index < -0.39 is 6.10 Å². The lowest BCUT2D eigenvalue weighted by atomic mass is 10.1. The van der Waals surface area contributed by atoms with Gasteiger partial charge in [-0.2, -0.15) is 0 Å². The molecule has 0 aliphatic carbocycles. The first-order valence-electron chi connectivity index (χ1n) is 6.90. The van der Waals surface area contributed by atoms with E-state index in [9.17, 15) is 9.59 Å². The predicted octanol–water partition coefficient (Wildman–Crippen LogP) is 4.60. The minimum Gasteiger partial charge on any atom is -0.481 e. The van der Waals surface area contributed by atoms with Crippen molar-refractivity contribution in [3.05, 3.63) is 58.1 Å². The molecule has 1 N–H and O–H groups in total. The number of Topliss-reactive ketones (excluding diaryl/α,β-unsaturated/α-hetero) is 1. The van der Waals surface area contributed by atoms with Crippen molar-refractivity contribution in [1.82, 2.24) is 0 Å². The lowest BCUT2D eigenvalue weighted by molar-refractivity contribution is -0.122. The SMILES string of the molecule is CC(=O)c1cccc(O[C@@H](C)C(=O)Nc2cc(Cl)cc(Cl)c2)c1. The molecule has 0 unspecified atom stereocenters. The maximum atomic E-state index is 12.2. The van der Waals surface area contributed by atoms with Crippen molar-refractivity contribution in [3.63, 3.8) is 0 Å². The summed E-state index contributed by atoms with van der Waals surface area (Å²) in [5.74, 6) is 0.0298. The Morgan fingerprint density at radius 2 is 1.74 bits per heavy atom. The number of hydrogen-bond donors (Lipinski definition) is 1. The number of benzene rings is 2. The molecule has 0 saturated carbocycles. The van der Waals surface area contributed by atoms with Crippen molar-refractivity contribution < 1.29 is 14.3 Å². The van der Waals surface area contributed by atoms with Crippen LogP contribution in [0, 0.1) is 0 Å². The third-order valence-corrected chi connectivity index (χ3v) is 3.49. The van der Waals surface area contributed by atoms with Crippen LogP contribution in [0.3, 0.4) is 0 Å². The van der Waals surface area contributed by atoms with E-state index in [1.807, 2.05) is 0 Å². The number of ketones is 1. The van der Waals surface area contributed by atoms with E-state index in [1.165, 1.54) is 6.92 Å². The van der Waals surface area contributed by atoms with Crippen LogP contribution in [0.5, 0.6) is 5.75 Å². The van der Waals surface area contributed by atoms with E-state index in [4.69, 9.17) is 27.9 Å². The second-order valence-electron chi connectivity index (χ2n) is 4.99. The molecule has 0 fully saturated rings. The van der Waals surface area contributed by atoms with E-state index >= 15 is 0 Å². The average molecular weight is 352 g/mol. The molecule has 0 heterocycles. The number of ether oxygens (including phenoxy) is 1. The molecule has 2 rings (SSSR count). The summed E-state index contributed by atoms with van der Waals surface area (Å²) < 4.78 is 5.57. The van der Waals surface area contributed by atoms with Gasteiger partial charge in [0, 0.05) is 21.3 Å². The summed E-state index contributed by atoms with van der Waals surface area (Å²) in [6, 6.07) is 11.4. The monoisotopic (exact) mass is 351 g/mol. The Morgan fingerprint density at radius 1 is 1.09 bits per heavy atom. The van der Waals surface area contributed by atoms with E-state index in [0.29, 0.717) is 27.0 Å². The zero-order valence-electron chi connectivity index (χ0n) is 12.6. The van der Waals surface area contributed by atoms with Gasteiger partial charge in [0.05, 0.1) is 0 Å². The molecule has 23 heavy (non-hydrogen) atoms. The van der Waals surface area contributed by atoms with Gasteiger partial charge in [0.15, 0.2) is 11.9 Å². The normalized spacial score (nSPS) is 11.7. The van der Waals surface area contributed by atoms with Gasteiger partial charge in [0.25, 0.3) is 5.91 Å². The molecule has 0 saturated heterocycles. The molecule has 0 radical (unpaired) electrons. The van der Waals surface area contributed by atoms with Crippen molar-refractivity contribution in [2.75, 3.05) is 5.32 Å². The summed E-state index contributed by atoms with van der Waals surface area (Å²) in [6.45, 7) is 3.08. The topological polar surface area (TPSA) is 55.4 Å². The molecule has 120 valence electrons. The van der Waals surface area contributed by atoms with Crippen LogP contribution >= 0.6 is 23.2 Å². The highest BCUT2D eigenvalue weighted by Gasteiger charge is 2.16.